The quantitative estimate of drug-likeness (QED) is 0.930. The van der Waals surface area contributed by atoms with E-state index in [1.54, 1.807) is 0 Å². The second-order valence-electron chi connectivity index (χ2n) is 5.59. The molecular formula is C15H15F3N4O2. The molecule has 2 heterocycles. The van der Waals surface area contributed by atoms with Gasteiger partial charge in [-0.15, -0.1) is 0 Å². The zero-order valence-corrected chi connectivity index (χ0v) is 12.6. The van der Waals surface area contributed by atoms with Gasteiger partial charge >= 0.3 is 11.9 Å². The van der Waals surface area contributed by atoms with Gasteiger partial charge in [0.15, 0.2) is 0 Å². The van der Waals surface area contributed by atoms with Crippen molar-refractivity contribution in [3.63, 3.8) is 0 Å². The fraction of sp³-hybridized carbons (Fsp3) is 0.400. The molecule has 2 aromatic rings. The number of carbonyl (C=O) groups excluding carboxylic acids is 1. The van der Waals surface area contributed by atoms with Gasteiger partial charge in [-0.05, 0) is 31.0 Å². The zero-order valence-electron chi connectivity index (χ0n) is 12.6. The molecule has 0 spiro atoms. The first-order valence-corrected chi connectivity index (χ1v) is 7.48. The van der Waals surface area contributed by atoms with Crippen molar-refractivity contribution in [3.05, 3.63) is 46.1 Å². The number of nitrogens with zero attached hydrogens (tertiary/aromatic N) is 3. The van der Waals surface area contributed by atoms with Crippen LogP contribution in [0, 0.1) is 0 Å². The van der Waals surface area contributed by atoms with Crippen molar-refractivity contribution >= 4 is 11.6 Å². The second kappa shape index (κ2) is 6.14. The fourth-order valence-electron chi connectivity index (χ4n) is 2.66. The molecule has 1 amide bonds. The molecule has 3 rings (SSSR count). The van der Waals surface area contributed by atoms with Crippen LogP contribution < -0.4 is 11.0 Å². The predicted molar refractivity (Wildman–Crippen MR) is 79.5 cm³/mol. The number of carbonyl (C=O) groups is 1. The standard InChI is InChI=1S/C15H15F3N4O2/c16-15(17,18)10-4-3-5-11(8-10)19-13(23)9-22-14(24)21-7-2-1-6-12(21)20-22/h3-5,8H,1-2,6-7,9H2,(H,19,23). The number of halogens is 3. The van der Waals surface area contributed by atoms with E-state index >= 15 is 0 Å². The van der Waals surface area contributed by atoms with Crippen molar-refractivity contribution in [2.45, 2.75) is 38.5 Å². The van der Waals surface area contributed by atoms with E-state index in [1.807, 2.05) is 0 Å². The number of hydrogen-bond donors (Lipinski definition) is 1. The van der Waals surface area contributed by atoms with E-state index in [0.717, 1.165) is 29.7 Å². The maximum atomic E-state index is 12.7. The molecule has 128 valence electrons. The zero-order chi connectivity index (χ0) is 17.3. The van der Waals surface area contributed by atoms with Gasteiger partial charge in [-0.3, -0.25) is 9.36 Å². The van der Waals surface area contributed by atoms with Crippen LogP contribution in [0.3, 0.4) is 0 Å². The number of hydrogen-bond acceptors (Lipinski definition) is 3. The summed E-state index contributed by atoms with van der Waals surface area (Å²) in [7, 11) is 0. The Balaban J connectivity index is 1.73. The van der Waals surface area contributed by atoms with Crippen LogP contribution in [0.25, 0.3) is 0 Å². The largest absolute Gasteiger partial charge is 0.416 e. The van der Waals surface area contributed by atoms with E-state index in [9.17, 15) is 22.8 Å². The van der Waals surface area contributed by atoms with Gasteiger partial charge in [-0.2, -0.15) is 18.3 Å². The third-order valence-electron chi connectivity index (χ3n) is 3.80. The van der Waals surface area contributed by atoms with E-state index < -0.39 is 17.6 Å². The monoisotopic (exact) mass is 340 g/mol. The van der Waals surface area contributed by atoms with Crippen LogP contribution in [0.15, 0.2) is 29.1 Å². The number of alkyl halides is 3. The first kappa shape index (κ1) is 16.3. The van der Waals surface area contributed by atoms with Crippen molar-refractivity contribution in [1.82, 2.24) is 14.3 Å². The highest BCUT2D eigenvalue weighted by molar-refractivity contribution is 5.90. The molecule has 6 nitrogen and oxygen atoms in total. The minimum absolute atomic E-state index is 0.0202. The minimum Gasteiger partial charge on any atom is -0.324 e. The Bertz CT molecular complexity index is 823. The smallest absolute Gasteiger partial charge is 0.324 e. The minimum atomic E-state index is -4.49. The van der Waals surface area contributed by atoms with Gasteiger partial charge in [0.25, 0.3) is 0 Å². The summed E-state index contributed by atoms with van der Waals surface area (Å²) in [5, 5.41) is 6.48. The topological polar surface area (TPSA) is 68.9 Å². The van der Waals surface area contributed by atoms with Crippen molar-refractivity contribution in [2.24, 2.45) is 0 Å². The summed E-state index contributed by atoms with van der Waals surface area (Å²) in [5.41, 5.74) is -1.20. The number of nitrogens with one attached hydrogen (secondary N) is 1. The Hall–Kier alpha value is -2.58. The highest BCUT2D eigenvalue weighted by Crippen LogP contribution is 2.30. The Morgan fingerprint density at radius 1 is 1.29 bits per heavy atom. The summed E-state index contributed by atoms with van der Waals surface area (Å²) in [6.07, 6.45) is -1.99. The lowest BCUT2D eigenvalue weighted by atomic mass is 10.2. The first-order valence-electron chi connectivity index (χ1n) is 7.48. The van der Waals surface area contributed by atoms with Crippen LogP contribution in [0.5, 0.6) is 0 Å². The van der Waals surface area contributed by atoms with Gasteiger partial charge < -0.3 is 5.32 Å². The van der Waals surface area contributed by atoms with Crippen molar-refractivity contribution in [1.29, 1.82) is 0 Å². The molecule has 1 aromatic heterocycles. The molecule has 0 bridgehead atoms. The second-order valence-corrected chi connectivity index (χ2v) is 5.59. The molecule has 0 fully saturated rings. The number of amides is 1. The molecule has 1 aromatic carbocycles. The van der Waals surface area contributed by atoms with Crippen molar-refractivity contribution in [2.75, 3.05) is 5.32 Å². The number of aromatic nitrogens is 3. The summed E-state index contributed by atoms with van der Waals surface area (Å²) in [5.74, 6) is 0.0324. The molecular weight excluding hydrogens is 325 g/mol. The van der Waals surface area contributed by atoms with Crippen LogP contribution >= 0.6 is 0 Å². The van der Waals surface area contributed by atoms with Gasteiger partial charge in [0, 0.05) is 18.7 Å². The molecule has 9 heteroatoms. The van der Waals surface area contributed by atoms with Gasteiger partial charge in [0.1, 0.15) is 12.4 Å². The predicted octanol–water partition coefficient (Wildman–Crippen LogP) is 2.04. The Morgan fingerprint density at radius 3 is 2.79 bits per heavy atom. The molecule has 0 unspecified atom stereocenters. The van der Waals surface area contributed by atoms with E-state index in [2.05, 4.69) is 10.4 Å². The molecule has 24 heavy (non-hydrogen) atoms. The Kier molecular flexibility index (Phi) is 4.16. The van der Waals surface area contributed by atoms with Gasteiger partial charge in [-0.1, -0.05) is 6.07 Å². The average Bonchev–Trinajstić information content (AvgIpc) is 2.83. The van der Waals surface area contributed by atoms with E-state index in [0.29, 0.717) is 18.8 Å². The van der Waals surface area contributed by atoms with Gasteiger partial charge in [0.2, 0.25) is 5.91 Å². The highest BCUT2D eigenvalue weighted by atomic mass is 19.4. The lowest BCUT2D eigenvalue weighted by molar-refractivity contribution is -0.137. The van der Waals surface area contributed by atoms with Crippen LogP contribution in [0.2, 0.25) is 0 Å². The summed E-state index contributed by atoms with van der Waals surface area (Å²) < 4.78 is 40.6. The third kappa shape index (κ3) is 3.34. The molecule has 0 saturated carbocycles. The third-order valence-corrected chi connectivity index (χ3v) is 3.80. The molecule has 0 radical (unpaired) electrons. The molecule has 1 N–H and O–H groups in total. The average molecular weight is 340 g/mol. The summed E-state index contributed by atoms with van der Waals surface area (Å²) in [6.45, 7) is 0.235. The summed E-state index contributed by atoms with van der Waals surface area (Å²) >= 11 is 0. The lowest BCUT2D eigenvalue weighted by Gasteiger charge is -2.09. The maximum Gasteiger partial charge on any atom is 0.416 e. The number of aryl methyl sites for hydroxylation is 1. The van der Waals surface area contributed by atoms with Crippen LogP contribution in [-0.2, 0) is 30.5 Å². The highest BCUT2D eigenvalue weighted by Gasteiger charge is 2.30. The lowest BCUT2D eigenvalue weighted by Crippen LogP contribution is -2.30. The summed E-state index contributed by atoms with van der Waals surface area (Å²) in [6, 6.07) is 4.33. The number of rotatable bonds is 3. The molecule has 1 aliphatic heterocycles. The van der Waals surface area contributed by atoms with Gasteiger partial charge in [-0.25, -0.2) is 9.48 Å². The van der Waals surface area contributed by atoms with Crippen LogP contribution in [0.1, 0.15) is 24.2 Å². The fourth-order valence-corrected chi connectivity index (χ4v) is 2.66. The maximum absolute atomic E-state index is 12.7. The SMILES string of the molecule is O=C(Cn1nc2n(c1=O)CCCC2)Nc1cccc(C(F)(F)F)c1. The van der Waals surface area contributed by atoms with Crippen LogP contribution in [0.4, 0.5) is 18.9 Å². The normalized spacial score (nSPS) is 14.3. The Morgan fingerprint density at radius 2 is 2.08 bits per heavy atom. The van der Waals surface area contributed by atoms with Crippen molar-refractivity contribution < 1.29 is 18.0 Å². The first-order chi connectivity index (χ1) is 11.3. The van der Waals surface area contributed by atoms with E-state index in [1.165, 1.54) is 16.7 Å². The molecule has 0 aliphatic carbocycles. The van der Waals surface area contributed by atoms with Crippen molar-refractivity contribution in [3.8, 4) is 0 Å². The Labute approximate surface area is 134 Å². The number of fused-ring (bicyclic) bond motifs is 1. The molecule has 1 aliphatic rings. The number of benzene rings is 1. The van der Waals surface area contributed by atoms with E-state index in [-0.39, 0.29) is 17.9 Å². The van der Waals surface area contributed by atoms with Crippen LogP contribution in [-0.4, -0.2) is 20.3 Å². The molecule has 0 saturated heterocycles. The summed E-state index contributed by atoms with van der Waals surface area (Å²) in [4.78, 5) is 24.1. The number of anilines is 1. The van der Waals surface area contributed by atoms with E-state index in [4.69, 9.17) is 0 Å². The van der Waals surface area contributed by atoms with Gasteiger partial charge in [0.05, 0.1) is 5.56 Å². The molecule has 0 atom stereocenters.